The molecule has 1 aliphatic rings. The van der Waals surface area contributed by atoms with Gasteiger partial charge in [0.1, 0.15) is 23.0 Å². The van der Waals surface area contributed by atoms with Crippen molar-refractivity contribution in [3.63, 3.8) is 0 Å². The minimum atomic E-state index is -0.0818. The lowest BCUT2D eigenvalue weighted by Gasteiger charge is -2.26. The third-order valence-corrected chi connectivity index (χ3v) is 7.83. The maximum Gasteiger partial charge on any atom is 0.254 e. The van der Waals surface area contributed by atoms with Crippen LogP contribution < -0.4 is 18.9 Å². The molecule has 10 heteroatoms. The molecule has 1 unspecified atom stereocenters. The second-order valence-electron chi connectivity index (χ2n) is 9.31. The number of imidazole rings is 1. The summed E-state index contributed by atoms with van der Waals surface area (Å²) in [6.07, 6.45) is 4.66. The molecule has 0 aliphatic carbocycles. The molecule has 0 saturated carbocycles. The number of aromatic nitrogens is 2. The molecular formula is C29H33N3O6S. The number of carbonyl (C=O) groups is 1. The summed E-state index contributed by atoms with van der Waals surface area (Å²) < 4.78 is 29.7. The molecule has 1 fully saturated rings. The van der Waals surface area contributed by atoms with Crippen molar-refractivity contribution in [2.45, 2.75) is 25.4 Å². The van der Waals surface area contributed by atoms with Crippen molar-refractivity contribution >= 4 is 22.2 Å². The number of benzene rings is 2. The SMILES string of the molecule is COc1cc(OC)cc(C(=O)N(CCc2csc3nc(-c4cc(OC)ccc4OC)cn23)CC2CCCO2)c1. The Hall–Kier alpha value is -3.76. The van der Waals surface area contributed by atoms with Crippen LogP contribution in [0.3, 0.4) is 0 Å². The Kier molecular flexibility index (Phi) is 8.23. The molecule has 0 radical (unpaired) electrons. The fraction of sp³-hybridized carbons (Fsp3) is 0.379. The van der Waals surface area contributed by atoms with Gasteiger partial charge in [0, 0.05) is 60.6 Å². The first-order chi connectivity index (χ1) is 19.0. The van der Waals surface area contributed by atoms with Crippen LogP contribution in [0.5, 0.6) is 23.0 Å². The van der Waals surface area contributed by atoms with E-state index in [4.69, 9.17) is 28.7 Å². The van der Waals surface area contributed by atoms with Gasteiger partial charge in [-0.1, -0.05) is 0 Å². The zero-order valence-corrected chi connectivity index (χ0v) is 23.5. The summed E-state index contributed by atoms with van der Waals surface area (Å²) in [6.45, 7) is 1.79. The first-order valence-corrected chi connectivity index (χ1v) is 13.7. The fourth-order valence-corrected chi connectivity index (χ4v) is 5.73. The highest BCUT2D eigenvalue weighted by molar-refractivity contribution is 7.15. The second-order valence-corrected chi connectivity index (χ2v) is 10.1. The van der Waals surface area contributed by atoms with Gasteiger partial charge in [0.2, 0.25) is 0 Å². The largest absolute Gasteiger partial charge is 0.497 e. The van der Waals surface area contributed by atoms with E-state index in [0.29, 0.717) is 36.6 Å². The van der Waals surface area contributed by atoms with E-state index in [-0.39, 0.29) is 12.0 Å². The van der Waals surface area contributed by atoms with Crippen LogP contribution >= 0.6 is 11.3 Å². The van der Waals surface area contributed by atoms with Crippen LogP contribution in [-0.4, -0.2) is 74.4 Å². The Balaban J connectivity index is 1.40. The summed E-state index contributed by atoms with van der Waals surface area (Å²) in [6, 6.07) is 10.9. The molecule has 1 saturated heterocycles. The van der Waals surface area contributed by atoms with E-state index in [0.717, 1.165) is 52.9 Å². The number of rotatable bonds is 11. The van der Waals surface area contributed by atoms with Crippen molar-refractivity contribution < 1.29 is 28.5 Å². The highest BCUT2D eigenvalue weighted by atomic mass is 32.1. The smallest absolute Gasteiger partial charge is 0.254 e. The average molecular weight is 552 g/mol. The standard InChI is InChI=1S/C29H33N3O6S/c1-34-21-7-8-27(37-4)25(15-21)26-17-32-20(18-39-29(32)30-26)9-10-31(16-22-6-5-11-38-22)28(33)19-12-23(35-2)14-24(13-19)36-3/h7-8,12-15,17-18,22H,5-6,9-11,16H2,1-4H3. The minimum Gasteiger partial charge on any atom is -0.497 e. The molecule has 1 aliphatic heterocycles. The molecule has 1 amide bonds. The second kappa shape index (κ2) is 12.0. The number of methoxy groups -OCH3 is 4. The van der Waals surface area contributed by atoms with E-state index in [1.54, 1.807) is 58.0 Å². The van der Waals surface area contributed by atoms with E-state index in [9.17, 15) is 4.79 Å². The number of amides is 1. The predicted molar refractivity (Wildman–Crippen MR) is 150 cm³/mol. The van der Waals surface area contributed by atoms with Crippen LogP contribution in [0.4, 0.5) is 0 Å². The fourth-order valence-electron chi connectivity index (χ4n) is 4.83. The van der Waals surface area contributed by atoms with Gasteiger partial charge in [-0.25, -0.2) is 4.98 Å². The maximum atomic E-state index is 13.7. The Morgan fingerprint density at radius 1 is 1.05 bits per heavy atom. The third-order valence-electron chi connectivity index (χ3n) is 6.94. The summed E-state index contributed by atoms with van der Waals surface area (Å²) >= 11 is 1.57. The summed E-state index contributed by atoms with van der Waals surface area (Å²) in [4.78, 5) is 21.3. The normalized spacial score (nSPS) is 14.9. The average Bonchev–Trinajstić information content (AvgIpc) is 3.73. The van der Waals surface area contributed by atoms with E-state index >= 15 is 0 Å². The quantitative estimate of drug-likeness (QED) is 0.261. The molecule has 4 aromatic rings. The molecule has 0 spiro atoms. The number of hydrogen-bond donors (Lipinski definition) is 0. The molecule has 2 aromatic carbocycles. The number of ether oxygens (including phenoxy) is 5. The molecule has 2 aromatic heterocycles. The molecular weight excluding hydrogens is 518 g/mol. The molecule has 39 heavy (non-hydrogen) atoms. The molecule has 3 heterocycles. The minimum absolute atomic E-state index is 0.0318. The van der Waals surface area contributed by atoms with Gasteiger partial charge in [-0.2, -0.15) is 0 Å². The maximum absolute atomic E-state index is 13.7. The van der Waals surface area contributed by atoms with Crippen molar-refractivity contribution in [1.29, 1.82) is 0 Å². The molecule has 0 bridgehead atoms. The Morgan fingerprint density at radius 2 is 1.82 bits per heavy atom. The third kappa shape index (κ3) is 5.81. The van der Waals surface area contributed by atoms with E-state index in [1.165, 1.54) is 0 Å². The first-order valence-electron chi connectivity index (χ1n) is 12.8. The van der Waals surface area contributed by atoms with E-state index < -0.39 is 0 Å². The first kappa shape index (κ1) is 26.8. The van der Waals surface area contributed by atoms with Gasteiger partial charge in [0.15, 0.2) is 4.96 Å². The Bertz CT molecular complexity index is 1420. The molecule has 1 atom stereocenters. The Labute approximate surface area is 231 Å². The van der Waals surface area contributed by atoms with Crippen LogP contribution in [0.15, 0.2) is 48.0 Å². The van der Waals surface area contributed by atoms with E-state index in [2.05, 4.69) is 9.78 Å². The molecule has 9 nitrogen and oxygen atoms in total. The highest BCUT2D eigenvalue weighted by Crippen LogP contribution is 2.34. The predicted octanol–water partition coefficient (Wildman–Crippen LogP) is 4.96. The van der Waals surface area contributed by atoms with Crippen LogP contribution in [0.1, 0.15) is 28.9 Å². The van der Waals surface area contributed by atoms with Crippen LogP contribution in [0.2, 0.25) is 0 Å². The number of nitrogens with zero attached hydrogens (tertiary/aromatic N) is 3. The highest BCUT2D eigenvalue weighted by Gasteiger charge is 2.25. The topological polar surface area (TPSA) is 83.8 Å². The van der Waals surface area contributed by atoms with E-state index in [1.807, 2.05) is 29.3 Å². The van der Waals surface area contributed by atoms with Crippen LogP contribution in [0.25, 0.3) is 16.2 Å². The van der Waals surface area contributed by atoms with Crippen LogP contribution in [-0.2, 0) is 11.2 Å². The number of hydrogen-bond acceptors (Lipinski definition) is 8. The lowest BCUT2D eigenvalue weighted by molar-refractivity contribution is 0.0527. The summed E-state index contributed by atoms with van der Waals surface area (Å²) in [5, 5.41) is 2.10. The summed E-state index contributed by atoms with van der Waals surface area (Å²) in [5.74, 6) is 2.54. The lowest BCUT2D eigenvalue weighted by Crippen LogP contribution is -2.39. The monoisotopic (exact) mass is 551 g/mol. The Morgan fingerprint density at radius 3 is 2.49 bits per heavy atom. The molecule has 206 valence electrons. The van der Waals surface area contributed by atoms with Crippen molar-refractivity contribution in [1.82, 2.24) is 14.3 Å². The van der Waals surface area contributed by atoms with Gasteiger partial charge >= 0.3 is 0 Å². The van der Waals surface area contributed by atoms with Crippen molar-refractivity contribution in [3.05, 3.63) is 59.2 Å². The summed E-state index contributed by atoms with van der Waals surface area (Å²) in [5.41, 5.74) is 3.26. The van der Waals surface area contributed by atoms with Gasteiger partial charge in [-0.15, -0.1) is 11.3 Å². The van der Waals surface area contributed by atoms with Crippen molar-refractivity contribution in [3.8, 4) is 34.3 Å². The van der Waals surface area contributed by atoms with Gasteiger partial charge in [-0.3, -0.25) is 9.20 Å². The molecule has 0 N–H and O–H groups in total. The number of carbonyl (C=O) groups excluding carboxylic acids is 1. The van der Waals surface area contributed by atoms with Crippen molar-refractivity contribution in [2.75, 3.05) is 48.1 Å². The van der Waals surface area contributed by atoms with Gasteiger partial charge in [0.25, 0.3) is 5.91 Å². The van der Waals surface area contributed by atoms with Gasteiger partial charge in [-0.05, 0) is 43.2 Å². The molecule has 5 rings (SSSR count). The van der Waals surface area contributed by atoms with Gasteiger partial charge < -0.3 is 28.6 Å². The zero-order valence-electron chi connectivity index (χ0n) is 22.6. The van der Waals surface area contributed by atoms with Gasteiger partial charge in [0.05, 0.1) is 40.2 Å². The zero-order chi connectivity index (χ0) is 27.4. The van der Waals surface area contributed by atoms with Crippen LogP contribution in [0, 0.1) is 0 Å². The van der Waals surface area contributed by atoms with Crippen molar-refractivity contribution in [2.24, 2.45) is 0 Å². The number of fused-ring (bicyclic) bond motifs is 1. The summed E-state index contributed by atoms with van der Waals surface area (Å²) in [7, 11) is 6.44. The number of thiazole rings is 1. The lowest BCUT2D eigenvalue weighted by atomic mass is 10.1.